The Bertz CT molecular complexity index is 580. The second-order valence-electron chi connectivity index (χ2n) is 8.48. The molecule has 3 saturated carbocycles. The van der Waals surface area contributed by atoms with E-state index in [4.69, 9.17) is 0 Å². The largest absolute Gasteiger partial charge is 0.299 e. The first kappa shape index (κ1) is 15.1. The van der Waals surface area contributed by atoms with E-state index in [2.05, 4.69) is 29.8 Å². The highest BCUT2D eigenvalue weighted by molar-refractivity contribution is 9.09. The van der Waals surface area contributed by atoms with Gasteiger partial charge in [0.25, 0.3) is 0 Å². The first-order chi connectivity index (χ1) is 10.4. The van der Waals surface area contributed by atoms with E-state index in [0.29, 0.717) is 40.6 Å². The lowest BCUT2D eigenvalue weighted by Crippen LogP contribution is -2.53. The van der Waals surface area contributed by atoms with Gasteiger partial charge in [0.1, 0.15) is 5.78 Å². The fourth-order valence-electron chi connectivity index (χ4n) is 6.33. The fourth-order valence-corrected chi connectivity index (χ4v) is 7.42. The van der Waals surface area contributed by atoms with Gasteiger partial charge in [-0.25, -0.2) is 0 Å². The van der Waals surface area contributed by atoms with Crippen molar-refractivity contribution in [3.63, 3.8) is 0 Å². The van der Waals surface area contributed by atoms with Gasteiger partial charge >= 0.3 is 0 Å². The Morgan fingerprint density at radius 2 is 1.77 bits per heavy atom. The van der Waals surface area contributed by atoms with Crippen LogP contribution in [0.1, 0.15) is 58.8 Å². The molecule has 0 aromatic carbocycles. The third-order valence-electron chi connectivity index (χ3n) is 7.65. The molecule has 0 spiro atoms. The van der Waals surface area contributed by atoms with E-state index in [1.165, 1.54) is 5.57 Å². The van der Waals surface area contributed by atoms with E-state index in [9.17, 15) is 9.59 Å². The molecule has 4 aliphatic carbocycles. The summed E-state index contributed by atoms with van der Waals surface area (Å²) in [6, 6.07) is 0. The zero-order valence-corrected chi connectivity index (χ0v) is 15.1. The van der Waals surface area contributed by atoms with Crippen molar-refractivity contribution in [1.82, 2.24) is 0 Å². The first-order valence-electron chi connectivity index (χ1n) is 8.78. The van der Waals surface area contributed by atoms with E-state index >= 15 is 0 Å². The third-order valence-corrected chi connectivity index (χ3v) is 8.51. The number of carbonyl (C=O) groups excluding carboxylic acids is 2. The van der Waals surface area contributed by atoms with E-state index < -0.39 is 0 Å². The van der Waals surface area contributed by atoms with Crippen LogP contribution in [0.15, 0.2) is 11.6 Å². The average Bonchev–Trinajstić information content (AvgIpc) is 2.77. The summed E-state index contributed by atoms with van der Waals surface area (Å²) in [5, 5.41) is 0. The van der Waals surface area contributed by atoms with Gasteiger partial charge < -0.3 is 0 Å². The number of hydrogen-bond donors (Lipinski definition) is 0. The van der Waals surface area contributed by atoms with Gasteiger partial charge in [-0.2, -0.15) is 0 Å². The van der Waals surface area contributed by atoms with Crippen molar-refractivity contribution < 1.29 is 9.59 Å². The quantitative estimate of drug-likeness (QED) is 0.594. The molecule has 2 nitrogen and oxygen atoms in total. The van der Waals surface area contributed by atoms with E-state index in [-0.39, 0.29) is 10.8 Å². The lowest BCUT2D eigenvalue weighted by Gasteiger charge is -2.58. The topological polar surface area (TPSA) is 34.1 Å². The van der Waals surface area contributed by atoms with Crippen LogP contribution in [0.4, 0.5) is 0 Å². The Kier molecular flexibility index (Phi) is 3.28. The predicted octanol–water partition coefficient (Wildman–Crippen LogP) is 4.46. The van der Waals surface area contributed by atoms with Gasteiger partial charge in [0.15, 0.2) is 5.78 Å². The number of ketones is 2. The van der Waals surface area contributed by atoms with Gasteiger partial charge in [-0.05, 0) is 66.9 Å². The lowest BCUT2D eigenvalue weighted by molar-refractivity contribution is -0.132. The molecule has 0 radical (unpaired) electrons. The Hall–Kier alpha value is -0.440. The summed E-state index contributed by atoms with van der Waals surface area (Å²) in [7, 11) is 0. The summed E-state index contributed by atoms with van der Waals surface area (Å²) < 4.78 is 0. The van der Waals surface area contributed by atoms with Gasteiger partial charge in [0, 0.05) is 23.1 Å². The highest BCUT2D eigenvalue weighted by atomic mass is 79.9. The minimum absolute atomic E-state index is 0.0596. The van der Waals surface area contributed by atoms with Crippen LogP contribution in [0, 0.1) is 28.6 Å². The summed E-state index contributed by atoms with van der Waals surface area (Å²) >= 11 is 3.88. The first-order valence-corrected chi connectivity index (χ1v) is 9.70. The molecule has 0 heterocycles. The second kappa shape index (κ2) is 4.78. The summed E-state index contributed by atoms with van der Waals surface area (Å²) in [6.45, 7) is 4.61. The SMILES string of the molecule is C[C@]12CCC(=O)C=C1[C@@H](Br)C[C@H]1[C@H]2CC[C@]2(C)C(=O)CC[C@@H]12. The minimum atomic E-state index is -0.0596. The molecule has 120 valence electrons. The van der Waals surface area contributed by atoms with Crippen LogP contribution in [0.3, 0.4) is 0 Å². The van der Waals surface area contributed by atoms with Crippen molar-refractivity contribution in [2.75, 3.05) is 0 Å². The molecule has 3 fully saturated rings. The number of alkyl halides is 1. The molecular formula is C19H25BrO2. The zero-order chi connectivity index (χ0) is 15.7. The third kappa shape index (κ3) is 1.84. The van der Waals surface area contributed by atoms with Crippen LogP contribution in [0.25, 0.3) is 0 Å². The summed E-state index contributed by atoms with van der Waals surface area (Å²) in [5.74, 6) is 2.67. The number of carbonyl (C=O) groups is 2. The molecule has 22 heavy (non-hydrogen) atoms. The number of allylic oxidation sites excluding steroid dienone is 1. The molecule has 0 N–H and O–H groups in total. The Labute approximate surface area is 141 Å². The normalized spacial score (nSPS) is 51.0. The average molecular weight is 365 g/mol. The van der Waals surface area contributed by atoms with E-state index in [1.807, 2.05) is 6.08 Å². The summed E-state index contributed by atoms with van der Waals surface area (Å²) in [6.07, 6.45) is 8.83. The Morgan fingerprint density at radius 1 is 1.05 bits per heavy atom. The maximum absolute atomic E-state index is 12.4. The van der Waals surface area contributed by atoms with Gasteiger partial charge in [-0.3, -0.25) is 9.59 Å². The standard InChI is InChI=1S/C19H25BrO2/c1-18-7-5-11(21)9-15(18)16(20)10-12-13-3-4-17(22)19(13,2)8-6-14(12)18/h9,12-14,16H,3-8,10H2,1-2H3/t12-,13+,14-,16+,18-,19+/m1/s1. The van der Waals surface area contributed by atoms with Crippen LogP contribution >= 0.6 is 15.9 Å². The molecule has 0 aromatic heterocycles. The van der Waals surface area contributed by atoms with Crippen molar-refractivity contribution in [3.8, 4) is 0 Å². The molecule has 0 amide bonds. The predicted molar refractivity (Wildman–Crippen MR) is 89.8 cm³/mol. The number of hydrogen-bond acceptors (Lipinski definition) is 2. The lowest BCUT2D eigenvalue weighted by atomic mass is 9.47. The smallest absolute Gasteiger partial charge is 0.155 e. The van der Waals surface area contributed by atoms with Gasteiger partial charge in [0.2, 0.25) is 0 Å². The van der Waals surface area contributed by atoms with Crippen LogP contribution in [0.5, 0.6) is 0 Å². The molecule has 0 saturated heterocycles. The van der Waals surface area contributed by atoms with Gasteiger partial charge in [-0.1, -0.05) is 29.8 Å². The number of fused-ring (bicyclic) bond motifs is 5. The summed E-state index contributed by atoms with van der Waals surface area (Å²) in [5.41, 5.74) is 1.45. The number of rotatable bonds is 0. The van der Waals surface area contributed by atoms with Crippen molar-refractivity contribution in [3.05, 3.63) is 11.6 Å². The van der Waals surface area contributed by atoms with Crippen LogP contribution in [0.2, 0.25) is 0 Å². The van der Waals surface area contributed by atoms with Crippen molar-refractivity contribution >= 4 is 27.5 Å². The minimum Gasteiger partial charge on any atom is -0.299 e. The molecular weight excluding hydrogens is 340 g/mol. The number of halogens is 1. The van der Waals surface area contributed by atoms with Crippen molar-refractivity contribution in [1.29, 1.82) is 0 Å². The number of Topliss-reactive ketones (excluding diaryl/α,β-unsaturated/α-hetero) is 1. The molecule has 0 unspecified atom stereocenters. The highest BCUT2D eigenvalue weighted by Crippen LogP contribution is 2.65. The second-order valence-corrected chi connectivity index (χ2v) is 9.59. The Morgan fingerprint density at radius 3 is 2.55 bits per heavy atom. The van der Waals surface area contributed by atoms with Crippen LogP contribution < -0.4 is 0 Å². The van der Waals surface area contributed by atoms with E-state index in [0.717, 1.165) is 38.5 Å². The Balaban J connectivity index is 1.74. The van der Waals surface area contributed by atoms with Crippen LogP contribution in [-0.4, -0.2) is 16.4 Å². The fraction of sp³-hybridized carbons (Fsp3) is 0.789. The highest BCUT2D eigenvalue weighted by Gasteiger charge is 2.60. The van der Waals surface area contributed by atoms with Crippen LogP contribution in [-0.2, 0) is 9.59 Å². The molecule has 3 heteroatoms. The van der Waals surface area contributed by atoms with Crippen molar-refractivity contribution in [2.45, 2.75) is 63.6 Å². The molecule has 0 bridgehead atoms. The molecule has 6 atom stereocenters. The summed E-state index contributed by atoms with van der Waals surface area (Å²) in [4.78, 5) is 24.6. The van der Waals surface area contributed by atoms with E-state index in [1.54, 1.807) is 0 Å². The molecule has 4 rings (SSSR count). The van der Waals surface area contributed by atoms with Gasteiger partial charge in [0.05, 0.1) is 0 Å². The molecule has 4 aliphatic rings. The van der Waals surface area contributed by atoms with Gasteiger partial charge in [-0.15, -0.1) is 0 Å². The zero-order valence-electron chi connectivity index (χ0n) is 13.5. The molecule has 0 aromatic rings. The molecule has 0 aliphatic heterocycles. The van der Waals surface area contributed by atoms with Crippen molar-refractivity contribution in [2.24, 2.45) is 28.6 Å². The monoisotopic (exact) mass is 364 g/mol. The maximum atomic E-state index is 12.4. The maximum Gasteiger partial charge on any atom is 0.155 e.